The molecule has 2 aromatic rings. The number of aryl methyl sites for hydroxylation is 2. The van der Waals surface area contributed by atoms with Gasteiger partial charge in [-0.05, 0) is 47.4 Å². The first-order valence-electron chi connectivity index (χ1n) is 7.09. The lowest BCUT2D eigenvalue weighted by Crippen LogP contribution is -1.98. The van der Waals surface area contributed by atoms with Crippen LogP contribution in [0.25, 0.3) is 0 Å². The summed E-state index contributed by atoms with van der Waals surface area (Å²) in [5.41, 5.74) is 5.64. The third-order valence-corrected chi connectivity index (χ3v) is 5.53. The number of halogens is 1. The zero-order valence-corrected chi connectivity index (χ0v) is 14.7. The number of benzene rings is 2. The van der Waals surface area contributed by atoms with Crippen LogP contribution < -0.4 is 0 Å². The third kappa shape index (κ3) is 3.29. The van der Waals surface area contributed by atoms with Crippen molar-refractivity contribution in [1.82, 2.24) is 0 Å². The van der Waals surface area contributed by atoms with Crippen LogP contribution in [0.15, 0.2) is 47.4 Å². The first kappa shape index (κ1) is 15.7. The van der Waals surface area contributed by atoms with Crippen LogP contribution in [0.4, 0.5) is 0 Å². The van der Waals surface area contributed by atoms with Gasteiger partial charge in [0.1, 0.15) is 0 Å². The number of hydrogen-bond acceptors (Lipinski definition) is 1. The molecule has 0 bridgehead atoms. The van der Waals surface area contributed by atoms with Gasteiger partial charge in [0.15, 0.2) is 0 Å². The first-order valence-corrected chi connectivity index (χ1v) is 9.24. The van der Waals surface area contributed by atoms with Crippen molar-refractivity contribution in [3.05, 3.63) is 64.7 Å². The average molecular weight is 349 g/mol. The van der Waals surface area contributed by atoms with Gasteiger partial charge in [0.05, 0.1) is 4.83 Å². The Morgan fingerprint density at radius 1 is 1.00 bits per heavy atom. The fourth-order valence-electron chi connectivity index (χ4n) is 2.53. The van der Waals surface area contributed by atoms with E-state index < -0.39 is 0 Å². The second-order valence-electron chi connectivity index (χ2n) is 4.84. The van der Waals surface area contributed by atoms with E-state index in [2.05, 4.69) is 78.5 Å². The second-order valence-corrected chi connectivity index (χ2v) is 6.60. The Morgan fingerprint density at radius 2 is 1.70 bits per heavy atom. The van der Waals surface area contributed by atoms with Crippen molar-refractivity contribution in [2.75, 3.05) is 6.26 Å². The highest BCUT2D eigenvalue weighted by atomic mass is 79.9. The minimum absolute atomic E-state index is 0.266. The van der Waals surface area contributed by atoms with Gasteiger partial charge in [-0.25, -0.2) is 0 Å². The summed E-state index contributed by atoms with van der Waals surface area (Å²) < 4.78 is 0. The molecule has 20 heavy (non-hydrogen) atoms. The van der Waals surface area contributed by atoms with Crippen molar-refractivity contribution in [1.29, 1.82) is 0 Å². The van der Waals surface area contributed by atoms with Gasteiger partial charge >= 0.3 is 0 Å². The summed E-state index contributed by atoms with van der Waals surface area (Å²) in [6.07, 6.45) is 4.34. The van der Waals surface area contributed by atoms with Crippen molar-refractivity contribution < 1.29 is 0 Å². The molecule has 0 saturated heterocycles. The molecule has 0 fully saturated rings. The largest absolute Gasteiger partial charge is 0.129 e. The fourth-order valence-corrected chi connectivity index (χ4v) is 4.00. The molecule has 0 aliphatic heterocycles. The van der Waals surface area contributed by atoms with Gasteiger partial charge in [-0.15, -0.1) is 11.8 Å². The highest BCUT2D eigenvalue weighted by molar-refractivity contribution is 9.09. The molecule has 2 aromatic carbocycles. The quantitative estimate of drug-likeness (QED) is 0.470. The van der Waals surface area contributed by atoms with E-state index in [1.165, 1.54) is 27.1 Å². The van der Waals surface area contributed by atoms with E-state index in [4.69, 9.17) is 0 Å². The zero-order valence-electron chi connectivity index (χ0n) is 12.3. The molecule has 0 saturated carbocycles. The number of hydrogen-bond donors (Lipinski definition) is 0. The van der Waals surface area contributed by atoms with Crippen LogP contribution in [-0.4, -0.2) is 6.26 Å². The predicted octanol–water partition coefficient (Wildman–Crippen LogP) is 6.02. The monoisotopic (exact) mass is 348 g/mol. The smallest absolute Gasteiger partial charge is 0.0655 e. The van der Waals surface area contributed by atoms with E-state index in [1.54, 1.807) is 11.8 Å². The lowest BCUT2D eigenvalue weighted by atomic mass is 9.96. The average Bonchev–Trinajstić information content (AvgIpc) is 2.53. The van der Waals surface area contributed by atoms with Crippen LogP contribution in [0.2, 0.25) is 0 Å². The minimum Gasteiger partial charge on any atom is -0.129 e. The molecule has 0 aromatic heterocycles. The van der Waals surface area contributed by atoms with Crippen LogP contribution in [0.1, 0.15) is 40.9 Å². The fraction of sp³-hybridized carbons (Fsp3) is 0.333. The molecular formula is C18H21BrS. The van der Waals surface area contributed by atoms with Crippen LogP contribution >= 0.6 is 27.7 Å². The molecule has 0 amide bonds. The summed E-state index contributed by atoms with van der Waals surface area (Å²) in [6.45, 7) is 4.46. The molecule has 0 aliphatic carbocycles. The van der Waals surface area contributed by atoms with Crippen LogP contribution in [0.5, 0.6) is 0 Å². The minimum atomic E-state index is 0.266. The van der Waals surface area contributed by atoms with Crippen LogP contribution in [0.3, 0.4) is 0 Å². The molecule has 0 nitrogen and oxygen atoms in total. The maximum Gasteiger partial charge on any atom is 0.0655 e. The number of alkyl halides is 1. The maximum absolute atomic E-state index is 3.88. The van der Waals surface area contributed by atoms with E-state index >= 15 is 0 Å². The summed E-state index contributed by atoms with van der Waals surface area (Å²) in [5, 5.41) is 0. The normalized spacial score (nSPS) is 12.4. The Bertz CT molecular complexity index is 577. The molecule has 0 radical (unpaired) electrons. The first-order chi connectivity index (χ1) is 9.71. The van der Waals surface area contributed by atoms with Gasteiger partial charge < -0.3 is 0 Å². The highest BCUT2D eigenvalue weighted by Gasteiger charge is 2.14. The van der Waals surface area contributed by atoms with Gasteiger partial charge in [-0.2, -0.15) is 0 Å². The summed E-state index contributed by atoms with van der Waals surface area (Å²) in [6, 6.07) is 15.5. The molecule has 0 heterocycles. The van der Waals surface area contributed by atoms with Gasteiger partial charge in [-0.3, -0.25) is 0 Å². The third-order valence-electron chi connectivity index (χ3n) is 3.70. The second kappa shape index (κ2) is 7.33. The SMILES string of the molecule is CCc1ccc(C(Br)c2ccccc2SC)cc1CC. The molecule has 1 unspecified atom stereocenters. The van der Waals surface area contributed by atoms with E-state index in [9.17, 15) is 0 Å². The number of thioether (sulfide) groups is 1. The van der Waals surface area contributed by atoms with Crippen LogP contribution in [0, 0.1) is 0 Å². The van der Waals surface area contributed by atoms with Crippen molar-refractivity contribution >= 4 is 27.7 Å². The Kier molecular flexibility index (Phi) is 5.74. The summed E-state index contributed by atoms with van der Waals surface area (Å²) in [4.78, 5) is 1.61. The van der Waals surface area contributed by atoms with Crippen molar-refractivity contribution in [3.8, 4) is 0 Å². The van der Waals surface area contributed by atoms with E-state index in [0.717, 1.165) is 12.8 Å². The molecule has 1 atom stereocenters. The van der Waals surface area contributed by atoms with Gasteiger partial charge in [0.2, 0.25) is 0 Å². The molecule has 2 heteroatoms. The molecule has 106 valence electrons. The van der Waals surface area contributed by atoms with E-state index in [1.807, 2.05) is 0 Å². The molecule has 0 spiro atoms. The van der Waals surface area contributed by atoms with Crippen molar-refractivity contribution in [3.63, 3.8) is 0 Å². The molecule has 0 N–H and O–H groups in total. The van der Waals surface area contributed by atoms with Crippen molar-refractivity contribution in [2.24, 2.45) is 0 Å². The lowest BCUT2D eigenvalue weighted by molar-refractivity contribution is 1.02. The molecule has 0 aliphatic rings. The Balaban J connectivity index is 2.40. The lowest BCUT2D eigenvalue weighted by Gasteiger charge is -2.16. The van der Waals surface area contributed by atoms with E-state index in [0.29, 0.717) is 0 Å². The molecular weight excluding hydrogens is 328 g/mol. The Hall–Kier alpha value is -0.730. The summed E-state index contributed by atoms with van der Waals surface area (Å²) >= 11 is 5.69. The van der Waals surface area contributed by atoms with E-state index in [-0.39, 0.29) is 4.83 Å². The topological polar surface area (TPSA) is 0 Å². The molecule has 2 rings (SSSR count). The Morgan fingerprint density at radius 3 is 2.35 bits per heavy atom. The highest BCUT2D eigenvalue weighted by Crippen LogP contribution is 2.36. The van der Waals surface area contributed by atoms with Gasteiger partial charge in [0.25, 0.3) is 0 Å². The Labute approximate surface area is 135 Å². The zero-order chi connectivity index (χ0) is 14.5. The summed E-state index contributed by atoms with van der Waals surface area (Å²) in [7, 11) is 0. The standard InChI is InChI=1S/C18H21BrS/c1-4-13-10-11-15(12-14(13)5-2)18(19)16-8-6-7-9-17(16)20-3/h6-12,18H,4-5H2,1-3H3. The van der Waals surface area contributed by atoms with Gasteiger partial charge in [0, 0.05) is 4.90 Å². The van der Waals surface area contributed by atoms with Gasteiger partial charge in [-0.1, -0.05) is 66.2 Å². The van der Waals surface area contributed by atoms with Crippen LogP contribution in [-0.2, 0) is 12.8 Å². The predicted molar refractivity (Wildman–Crippen MR) is 94.2 cm³/mol. The van der Waals surface area contributed by atoms with Crippen molar-refractivity contribution in [2.45, 2.75) is 36.4 Å². The summed E-state index contributed by atoms with van der Waals surface area (Å²) in [5.74, 6) is 0. The number of rotatable bonds is 5. The maximum atomic E-state index is 3.88.